The number of ketones is 4. The molecule has 0 saturated heterocycles. The van der Waals surface area contributed by atoms with Gasteiger partial charge in [-0.15, -0.1) is 0 Å². The number of fused-ring (bicyclic) bond motifs is 2. The maximum absolute atomic E-state index is 12.9. The molecule has 0 radical (unpaired) electrons. The molecule has 10 aromatic rings. The van der Waals surface area contributed by atoms with Crippen LogP contribution in [-0.2, 0) is 49.9 Å². The molecule has 1 N–H and O–H groups in total. The molecule has 512 valence electrons. The van der Waals surface area contributed by atoms with Crippen molar-refractivity contribution in [2.75, 3.05) is 25.2 Å². The van der Waals surface area contributed by atoms with Crippen molar-refractivity contribution in [2.24, 2.45) is 0 Å². The van der Waals surface area contributed by atoms with Crippen LogP contribution in [-0.4, -0.2) is 106 Å². The van der Waals surface area contributed by atoms with Gasteiger partial charge in [0.1, 0.15) is 52.0 Å². The van der Waals surface area contributed by atoms with E-state index in [4.69, 9.17) is 9.47 Å². The van der Waals surface area contributed by atoms with E-state index in [-0.39, 0.29) is 65.9 Å². The Hall–Kier alpha value is -10.7. The van der Waals surface area contributed by atoms with Crippen LogP contribution in [0.3, 0.4) is 0 Å². The average molecular weight is 1410 g/mol. The van der Waals surface area contributed by atoms with Gasteiger partial charge in [0.2, 0.25) is 5.78 Å². The summed E-state index contributed by atoms with van der Waals surface area (Å²) in [6.45, 7) is 9.54. The fraction of sp³-hybridized carbons (Fsp3) is 0.247. The lowest BCUT2D eigenvalue weighted by atomic mass is 10.1. The van der Waals surface area contributed by atoms with Crippen LogP contribution in [0.2, 0.25) is 0 Å². The number of hydrogen-bond donors (Lipinski definition) is 1. The van der Waals surface area contributed by atoms with Crippen molar-refractivity contribution in [2.45, 2.75) is 93.3 Å². The van der Waals surface area contributed by atoms with Gasteiger partial charge in [0.15, 0.2) is 17.3 Å². The number of Topliss-reactive ketones (excluding diaryl/α,β-unsaturated/α-hetero) is 4. The van der Waals surface area contributed by atoms with Gasteiger partial charge in [-0.3, -0.25) is 38.3 Å². The molecule has 18 nitrogen and oxygen atoms in total. The minimum Gasteiger partial charge on any atom is -0.461 e. The minimum absolute atomic E-state index is 0. The third-order valence-corrected chi connectivity index (χ3v) is 14.5. The first-order chi connectivity index (χ1) is 46.7. The van der Waals surface area contributed by atoms with E-state index in [2.05, 4.69) is 56.9 Å². The number of hydrogen-bond acceptors (Lipinski definition) is 14. The Kier molecular flexibility index (Phi) is 29.7. The van der Waals surface area contributed by atoms with Gasteiger partial charge in [0.05, 0.1) is 55.6 Å². The summed E-state index contributed by atoms with van der Waals surface area (Å²) in [7, 11) is 0. The normalized spacial score (nSPS) is 11.6. The molecule has 6 heterocycles. The largest absolute Gasteiger partial charge is 0.461 e. The van der Waals surface area contributed by atoms with Gasteiger partial charge in [-0.2, -0.15) is 20.4 Å². The van der Waals surface area contributed by atoms with Gasteiger partial charge >= 0.3 is 17.9 Å². The quantitative estimate of drug-likeness (QED) is 0.0180. The Morgan fingerprint density at radius 2 is 0.939 bits per heavy atom. The van der Waals surface area contributed by atoms with Crippen molar-refractivity contribution in [3.8, 4) is 45.0 Å². The second-order valence-electron chi connectivity index (χ2n) is 21.1. The summed E-state index contributed by atoms with van der Waals surface area (Å²) >= 11 is 3.32. The number of nitrogens with zero attached hydrogens (tertiary/aromatic N) is 7. The number of aryl methyl sites for hydroxylation is 4. The van der Waals surface area contributed by atoms with Crippen LogP contribution in [0.25, 0.3) is 45.0 Å². The van der Waals surface area contributed by atoms with Crippen molar-refractivity contribution < 1.29 is 74.1 Å². The number of ether oxygens (including phenoxy) is 3. The highest BCUT2D eigenvalue weighted by Gasteiger charge is 2.22. The molecule has 25 heteroatoms. The summed E-state index contributed by atoms with van der Waals surface area (Å²) in [6, 6.07) is 41.9. The number of benzene rings is 6. The predicted molar refractivity (Wildman–Crippen MR) is 359 cm³/mol. The molecule has 0 bridgehead atoms. The number of aromatic nitrogens is 8. The standard InChI is InChI=1S/C14H14BrFN2O2.C13H11FN2O.C13H13FN2.C12H11FN2O2.C12H11FO4.C8H7FO.CH4/c1-2-20-14(19)13-9-12(17-18(13)8-7-15)10-3-5-11(16)6-4-10;14-10-5-3-9(4-6-10)11-8-12-13(17)2-1-7-16(12)15-11;14-11-6-4-10(5-7-11)13-9-12-3-1-2-8-16(12)15-13;1-2-17-12(16)11-7-10(14-15-11)8-3-5-9(13)6-4-8;1-2-17-12(16)11(15)7-10(14)8-3-5-9(13)6-4-8;1-6(10)7-2-4-8(9)5-3-7;/h3-6,9H,2,7-8H2,1H3;3-6,8H,1-2,7H2;4-7,9H,1-3,8H2;3-7H,2H2,1H3,(H,14,15);3-6H,2,7H2,1H3;2-5H,1H3;1H4. The van der Waals surface area contributed by atoms with E-state index < -0.39 is 41.7 Å². The number of rotatable bonds is 16. The molecular weight excluding hydrogens is 1340 g/mol. The van der Waals surface area contributed by atoms with Gasteiger partial charge in [0, 0.05) is 63.9 Å². The molecule has 0 atom stereocenters. The molecular formula is C73H71BrF6N8O10. The maximum atomic E-state index is 12.9. The molecule has 0 spiro atoms. The first-order valence-electron chi connectivity index (χ1n) is 30.7. The van der Waals surface area contributed by atoms with Crippen molar-refractivity contribution in [1.82, 2.24) is 39.5 Å². The van der Waals surface area contributed by atoms with Crippen LogP contribution < -0.4 is 0 Å². The molecule has 0 unspecified atom stereocenters. The molecule has 2 aliphatic rings. The molecule has 4 aromatic heterocycles. The van der Waals surface area contributed by atoms with Crippen molar-refractivity contribution in [3.63, 3.8) is 0 Å². The van der Waals surface area contributed by atoms with Crippen molar-refractivity contribution >= 4 is 57.0 Å². The molecule has 12 rings (SSSR count). The predicted octanol–water partition coefficient (Wildman–Crippen LogP) is 15.5. The van der Waals surface area contributed by atoms with Crippen molar-refractivity contribution in [3.05, 3.63) is 239 Å². The molecule has 6 aromatic carbocycles. The summed E-state index contributed by atoms with van der Waals surface area (Å²) in [5, 5.41) is 20.5. The number of nitrogens with one attached hydrogen (secondary N) is 1. The smallest absolute Gasteiger partial charge is 0.375 e. The van der Waals surface area contributed by atoms with Gasteiger partial charge in [0.25, 0.3) is 0 Å². The topological polar surface area (TPSA) is 229 Å². The molecule has 0 amide bonds. The monoisotopic (exact) mass is 1410 g/mol. The van der Waals surface area contributed by atoms with Gasteiger partial charge in [-0.1, -0.05) is 23.4 Å². The Morgan fingerprint density at radius 1 is 0.500 bits per heavy atom. The Labute approximate surface area is 570 Å². The van der Waals surface area contributed by atoms with E-state index in [1.807, 2.05) is 0 Å². The van der Waals surface area contributed by atoms with E-state index in [9.17, 15) is 59.9 Å². The summed E-state index contributed by atoms with van der Waals surface area (Å²) in [4.78, 5) is 79.3. The number of alkyl halides is 1. The fourth-order valence-corrected chi connectivity index (χ4v) is 9.66. The first kappa shape index (κ1) is 76.3. The van der Waals surface area contributed by atoms with Gasteiger partial charge in [-0.25, -0.2) is 40.7 Å². The van der Waals surface area contributed by atoms with Crippen LogP contribution in [0.4, 0.5) is 26.3 Å². The van der Waals surface area contributed by atoms with E-state index in [1.54, 1.807) is 96.9 Å². The minimum atomic E-state index is -1.03. The zero-order valence-corrected chi connectivity index (χ0v) is 54.8. The lowest BCUT2D eigenvalue weighted by molar-refractivity contribution is -0.153. The highest BCUT2D eigenvalue weighted by atomic mass is 79.9. The third kappa shape index (κ3) is 22.7. The zero-order chi connectivity index (χ0) is 70.0. The second-order valence-corrected chi connectivity index (χ2v) is 21.9. The van der Waals surface area contributed by atoms with Crippen LogP contribution in [0, 0.1) is 34.9 Å². The number of carbonyl (C=O) groups excluding carboxylic acids is 7. The molecule has 0 aliphatic carbocycles. The molecule has 0 fully saturated rings. The molecule has 2 aliphatic heterocycles. The SMILES string of the molecule is C.CC(=O)c1ccc(F)cc1.CCOC(=O)C(=O)CC(=O)c1ccc(F)cc1.CCOC(=O)c1cc(-c2ccc(F)cc2)n[nH]1.CCOC(=O)c1cc(-c2ccc(F)cc2)nn1CCBr.Fc1ccc(-c2cc3n(n2)CCCC3)cc1.O=C1CCCn2nc(-c3ccc(F)cc3)cc21. The zero-order valence-electron chi connectivity index (χ0n) is 53.2. The lowest BCUT2D eigenvalue weighted by Crippen LogP contribution is -2.20. The van der Waals surface area contributed by atoms with Crippen LogP contribution in [0.15, 0.2) is 170 Å². The fourth-order valence-electron chi connectivity index (χ4n) is 9.32. The first-order valence-corrected chi connectivity index (χ1v) is 31.8. The van der Waals surface area contributed by atoms with Gasteiger partial charge < -0.3 is 14.2 Å². The van der Waals surface area contributed by atoms with Crippen molar-refractivity contribution in [1.29, 1.82) is 0 Å². The Bertz CT molecular complexity index is 4250. The Balaban J connectivity index is 0.000000187. The summed E-state index contributed by atoms with van der Waals surface area (Å²) in [5.41, 5.74) is 9.56. The second kappa shape index (κ2) is 38.2. The highest BCUT2D eigenvalue weighted by Crippen LogP contribution is 2.26. The third-order valence-electron chi connectivity index (χ3n) is 14.2. The number of aromatic amines is 1. The maximum Gasteiger partial charge on any atom is 0.375 e. The van der Waals surface area contributed by atoms with E-state index in [0.717, 1.165) is 71.7 Å². The average Bonchev–Trinajstić information content (AvgIpc) is 1.68. The van der Waals surface area contributed by atoms with Crippen LogP contribution in [0.5, 0.6) is 0 Å². The summed E-state index contributed by atoms with van der Waals surface area (Å²) in [6.07, 6.45) is 4.43. The highest BCUT2D eigenvalue weighted by molar-refractivity contribution is 9.09. The summed E-state index contributed by atoms with van der Waals surface area (Å²) < 4.78 is 95.8. The van der Waals surface area contributed by atoms with E-state index in [0.29, 0.717) is 59.8 Å². The number of halogens is 7. The van der Waals surface area contributed by atoms with Crippen LogP contribution in [0.1, 0.15) is 125 Å². The van der Waals surface area contributed by atoms with E-state index in [1.165, 1.54) is 110 Å². The number of carbonyl (C=O) groups is 7. The number of H-pyrrole nitrogens is 1. The lowest BCUT2D eigenvalue weighted by Gasteiger charge is -2.11. The summed E-state index contributed by atoms with van der Waals surface area (Å²) in [5.74, 6) is -5.11. The van der Waals surface area contributed by atoms with E-state index >= 15 is 0 Å². The Morgan fingerprint density at radius 3 is 1.41 bits per heavy atom. The number of esters is 3. The molecule has 0 saturated carbocycles. The molecule has 98 heavy (non-hydrogen) atoms. The van der Waals surface area contributed by atoms with Gasteiger partial charge in [-0.05, 0) is 223 Å². The van der Waals surface area contributed by atoms with Crippen LogP contribution >= 0.6 is 15.9 Å².